The van der Waals surface area contributed by atoms with Gasteiger partial charge in [-0.05, 0) is 49.2 Å². The van der Waals surface area contributed by atoms with Crippen molar-refractivity contribution in [2.24, 2.45) is 5.73 Å². The van der Waals surface area contributed by atoms with Crippen LogP contribution in [0.5, 0.6) is 5.75 Å². The summed E-state index contributed by atoms with van der Waals surface area (Å²) in [6.45, 7) is 3.64. The molecule has 0 bridgehead atoms. The van der Waals surface area contributed by atoms with E-state index in [4.69, 9.17) is 21.3 Å². The van der Waals surface area contributed by atoms with Crippen molar-refractivity contribution in [3.8, 4) is 5.75 Å². The number of aromatic nitrogens is 2. The number of fused-ring (bicyclic) bond motifs is 1. The molecular weight excluding hydrogens is 408 g/mol. The van der Waals surface area contributed by atoms with Crippen molar-refractivity contribution < 1.29 is 4.74 Å². The van der Waals surface area contributed by atoms with Crippen LogP contribution in [-0.2, 0) is 6.42 Å². The van der Waals surface area contributed by atoms with Crippen LogP contribution in [0.15, 0.2) is 47.6 Å². The van der Waals surface area contributed by atoms with Gasteiger partial charge in [-0.25, -0.2) is 4.98 Å². The highest BCUT2D eigenvalue weighted by Crippen LogP contribution is 2.23. The van der Waals surface area contributed by atoms with Crippen molar-refractivity contribution in [1.82, 2.24) is 14.9 Å². The fourth-order valence-electron chi connectivity index (χ4n) is 3.72. The maximum absolute atomic E-state index is 7.73. The first-order valence-corrected chi connectivity index (χ1v) is 11.5. The van der Waals surface area contributed by atoms with Crippen LogP contribution in [0, 0.1) is 10.8 Å². The molecule has 0 atom stereocenters. The number of hydrogen-bond acceptors (Lipinski definition) is 5. The Bertz CT molecular complexity index is 1070. The number of nitrogens with two attached hydrogens (primary N) is 1. The lowest BCUT2D eigenvalue weighted by atomic mass is 10.1. The highest BCUT2D eigenvalue weighted by atomic mass is 32.2. The Morgan fingerprint density at radius 1 is 1.19 bits per heavy atom. The molecule has 1 aliphatic rings. The van der Waals surface area contributed by atoms with Gasteiger partial charge in [-0.2, -0.15) is 0 Å². The Labute approximate surface area is 186 Å². The Hall–Kier alpha value is -3.00. The maximum Gasteiger partial charge on any atom is 0.166 e. The number of aromatic amines is 1. The molecule has 1 saturated heterocycles. The number of hydrogen-bond donors (Lipinski definition) is 4. The summed E-state index contributed by atoms with van der Waals surface area (Å²) in [6, 6.07) is 13.9. The van der Waals surface area contributed by atoms with E-state index in [1.807, 2.05) is 25.1 Å². The number of nitrogens with one attached hydrogen (secondary N) is 3. The van der Waals surface area contributed by atoms with Crippen molar-refractivity contribution in [1.29, 1.82) is 10.8 Å². The van der Waals surface area contributed by atoms with Crippen molar-refractivity contribution >= 4 is 34.5 Å². The lowest BCUT2D eigenvalue weighted by molar-refractivity contribution is 0.130. The summed E-state index contributed by atoms with van der Waals surface area (Å²) in [7, 11) is 0. The molecular formula is C23H28N6OS. The first kappa shape index (κ1) is 21.2. The average molecular weight is 437 g/mol. The van der Waals surface area contributed by atoms with Crippen LogP contribution in [0.2, 0.25) is 0 Å². The summed E-state index contributed by atoms with van der Waals surface area (Å²) < 4.78 is 6.13. The van der Waals surface area contributed by atoms with Crippen LogP contribution in [0.3, 0.4) is 0 Å². The minimum atomic E-state index is 0.0602. The first-order valence-electron chi connectivity index (χ1n) is 10.5. The normalized spacial score (nSPS) is 14.7. The third kappa shape index (κ3) is 5.38. The smallest absolute Gasteiger partial charge is 0.166 e. The molecule has 31 heavy (non-hydrogen) atoms. The van der Waals surface area contributed by atoms with Gasteiger partial charge in [-0.3, -0.25) is 10.8 Å². The number of likely N-dealkylation sites (tertiary alicyclic amines) is 1. The molecule has 8 heteroatoms. The monoisotopic (exact) mass is 436 g/mol. The van der Waals surface area contributed by atoms with E-state index in [0.717, 1.165) is 60.0 Å². The fourth-order valence-corrected chi connectivity index (χ4v) is 4.60. The second kappa shape index (κ2) is 9.43. The molecule has 3 aromatic rings. The summed E-state index contributed by atoms with van der Waals surface area (Å²) in [5.41, 5.74) is 9.31. The largest absolute Gasteiger partial charge is 0.490 e. The van der Waals surface area contributed by atoms with Gasteiger partial charge in [0.05, 0.1) is 16.9 Å². The number of thioether (sulfide) groups is 1. The maximum atomic E-state index is 7.73. The van der Waals surface area contributed by atoms with E-state index in [-0.39, 0.29) is 11.9 Å². The molecule has 0 radical (unpaired) electrons. The van der Waals surface area contributed by atoms with Crippen molar-refractivity contribution in [3.05, 3.63) is 53.6 Å². The molecule has 0 saturated carbocycles. The Kier molecular flexibility index (Phi) is 6.46. The lowest BCUT2D eigenvalue weighted by Gasteiger charge is -2.32. The van der Waals surface area contributed by atoms with Crippen LogP contribution in [0.25, 0.3) is 11.0 Å². The van der Waals surface area contributed by atoms with Gasteiger partial charge in [-0.1, -0.05) is 23.9 Å². The predicted octanol–water partition coefficient (Wildman–Crippen LogP) is 4.02. The number of aryl methyl sites for hydroxylation is 1. The molecule has 7 nitrogen and oxygen atoms in total. The summed E-state index contributed by atoms with van der Waals surface area (Å²) in [6.07, 6.45) is 3.09. The SMILES string of the molecule is CC(=N)N1CCC(Oc2ccc(CCSc3nc4ccc(C(=N)N)cc4[nH]3)cc2)CC1. The highest BCUT2D eigenvalue weighted by molar-refractivity contribution is 7.99. The number of benzene rings is 2. The number of rotatable bonds is 7. The van der Waals surface area contributed by atoms with Crippen LogP contribution < -0.4 is 10.5 Å². The number of nitrogens with zero attached hydrogens (tertiary/aromatic N) is 2. The van der Waals surface area contributed by atoms with Gasteiger partial charge in [-0.15, -0.1) is 0 Å². The van der Waals surface area contributed by atoms with E-state index in [1.165, 1.54) is 5.56 Å². The van der Waals surface area contributed by atoms with Crippen LogP contribution >= 0.6 is 11.8 Å². The lowest BCUT2D eigenvalue weighted by Crippen LogP contribution is -2.40. The average Bonchev–Trinajstić information content (AvgIpc) is 3.17. The number of imidazole rings is 1. The van der Waals surface area contributed by atoms with Crippen LogP contribution in [0.4, 0.5) is 0 Å². The topological polar surface area (TPSA) is 115 Å². The quantitative estimate of drug-likeness (QED) is 0.254. The number of nitrogen functional groups attached to an aromatic ring is 1. The zero-order chi connectivity index (χ0) is 21.8. The van der Waals surface area contributed by atoms with Gasteiger partial charge in [0.2, 0.25) is 0 Å². The Balaban J connectivity index is 1.25. The Morgan fingerprint density at radius 2 is 1.94 bits per heavy atom. The molecule has 162 valence electrons. The van der Waals surface area contributed by atoms with Crippen LogP contribution in [0.1, 0.15) is 30.9 Å². The zero-order valence-corrected chi connectivity index (χ0v) is 18.5. The summed E-state index contributed by atoms with van der Waals surface area (Å²) in [5.74, 6) is 2.54. The summed E-state index contributed by atoms with van der Waals surface area (Å²) >= 11 is 1.69. The molecule has 1 aromatic heterocycles. The first-order chi connectivity index (χ1) is 15.0. The van der Waals surface area contributed by atoms with E-state index in [0.29, 0.717) is 11.4 Å². The van der Waals surface area contributed by atoms with Gasteiger partial charge in [0.25, 0.3) is 0 Å². The van der Waals surface area contributed by atoms with Gasteiger partial charge in [0.1, 0.15) is 17.7 Å². The van der Waals surface area contributed by atoms with Gasteiger partial charge in [0, 0.05) is 37.2 Å². The van der Waals surface area contributed by atoms with E-state index >= 15 is 0 Å². The second-order valence-corrected chi connectivity index (χ2v) is 8.90. The number of amidine groups is 2. The van der Waals surface area contributed by atoms with Gasteiger partial charge < -0.3 is 20.4 Å². The number of piperidine rings is 1. The molecule has 2 heterocycles. The highest BCUT2D eigenvalue weighted by Gasteiger charge is 2.20. The molecule has 0 spiro atoms. The van der Waals surface area contributed by atoms with E-state index in [1.54, 1.807) is 11.8 Å². The molecule has 1 fully saturated rings. The van der Waals surface area contributed by atoms with Gasteiger partial charge in [0.15, 0.2) is 5.16 Å². The van der Waals surface area contributed by atoms with E-state index < -0.39 is 0 Å². The summed E-state index contributed by atoms with van der Waals surface area (Å²) in [5, 5.41) is 16.2. The standard InChI is InChI=1S/C23H28N6OS/c1-15(24)29-11-8-19(9-12-29)30-18-5-2-16(3-6-18)10-13-31-23-27-20-7-4-17(22(25)26)14-21(20)28-23/h2-7,14,19,24H,8-13H2,1H3,(H3,25,26)(H,27,28). The minimum absolute atomic E-state index is 0.0602. The van der Waals surface area contributed by atoms with E-state index in [2.05, 4.69) is 39.1 Å². The number of H-pyrrole nitrogens is 1. The Morgan fingerprint density at radius 3 is 2.61 bits per heavy atom. The molecule has 1 aliphatic heterocycles. The van der Waals surface area contributed by atoms with Crippen molar-refractivity contribution in [2.45, 2.75) is 37.4 Å². The second-order valence-electron chi connectivity index (χ2n) is 7.82. The minimum Gasteiger partial charge on any atom is -0.490 e. The molecule has 2 aromatic carbocycles. The third-order valence-corrected chi connectivity index (χ3v) is 6.42. The van der Waals surface area contributed by atoms with Crippen molar-refractivity contribution in [2.75, 3.05) is 18.8 Å². The number of ether oxygens (including phenoxy) is 1. The molecule has 5 N–H and O–H groups in total. The zero-order valence-electron chi connectivity index (χ0n) is 17.6. The molecule has 0 amide bonds. The molecule has 0 aliphatic carbocycles. The van der Waals surface area contributed by atoms with Crippen LogP contribution in [-0.4, -0.2) is 51.5 Å². The van der Waals surface area contributed by atoms with Gasteiger partial charge >= 0.3 is 0 Å². The van der Waals surface area contributed by atoms with Crippen molar-refractivity contribution in [3.63, 3.8) is 0 Å². The molecule has 0 unspecified atom stereocenters. The van der Waals surface area contributed by atoms with E-state index in [9.17, 15) is 0 Å². The third-order valence-electron chi connectivity index (χ3n) is 5.54. The predicted molar refractivity (Wildman–Crippen MR) is 127 cm³/mol. The fraction of sp³-hybridized carbons (Fsp3) is 0.348. The molecule has 4 rings (SSSR count). The summed E-state index contributed by atoms with van der Waals surface area (Å²) in [4.78, 5) is 10.0.